The minimum Gasteiger partial charge on any atom is -0.460 e. The van der Waals surface area contributed by atoms with Crippen LogP contribution in [-0.2, 0) is 34.6 Å². The molecular formula is C58H88N5O7+. The van der Waals surface area contributed by atoms with E-state index >= 15 is 0 Å². The molecule has 386 valence electrons. The minimum absolute atomic E-state index is 0.0119. The van der Waals surface area contributed by atoms with Gasteiger partial charge in [0.15, 0.2) is 5.71 Å². The topological polar surface area (TPSA) is 121 Å². The summed E-state index contributed by atoms with van der Waals surface area (Å²) in [5.74, 6) is -0.241. The van der Waals surface area contributed by atoms with E-state index in [-0.39, 0.29) is 29.1 Å². The van der Waals surface area contributed by atoms with Gasteiger partial charge < -0.3 is 34.2 Å². The van der Waals surface area contributed by atoms with Crippen molar-refractivity contribution in [2.24, 2.45) is 0 Å². The van der Waals surface area contributed by atoms with Gasteiger partial charge >= 0.3 is 18.2 Å². The number of rotatable bonds is 23. The highest BCUT2D eigenvalue weighted by Crippen LogP contribution is 2.47. The summed E-state index contributed by atoms with van der Waals surface area (Å²) in [7, 11) is 2.14. The van der Waals surface area contributed by atoms with Gasteiger partial charge in [-0.1, -0.05) is 74.9 Å². The summed E-state index contributed by atoms with van der Waals surface area (Å²) in [6, 6.07) is 17.3. The Morgan fingerprint density at radius 2 is 1.14 bits per heavy atom. The van der Waals surface area contributed by atoms with Gasteiger partial charge in [0.2, 0.25) is 11.6 Å². The van der Waals surface area contributed by atoms with Gasteiger partial charge in [-0.15, -0.1) is 0 Å². The van der Waals surface area contributed by atoms with Gasteiger partial charge in [-0.05, 0) is 139 Å². The largest absolute Gasteiger partial charge is 0.460 e. The van der Waals surface area contributed by atoms with Crippen molar-refractivity contribution < 1.29 is 38.0 Å². The molecule has 12 heteroatoms. The van der Waals surface area contributed by atoms with Gasteiger partial charge in [-0.3, -0.25) is 9.59 Å². The van der Waals surface area contributed by atoms with Crippen LogP contribution in [0.1, 0.15) is 165 Å². The van der Waals surface area contributed by atoms with E-state index in [1.54, 1.807) is 9.80 Å². The average Bonchev–Trinajstić information content (AvgIpc) is 3.58. The second kappa shape index (κ2) is 25.1. The zero-order valence-corrected chi connectivity index (χ0v) is 45.5. The molecule has 0 fully saturated rings. The number of hydrogen-bond donors (Lipinski definition) is 1. The number of carbonyl (C=O) groups is 4. The Morgan fingerprint density at radius 3 is 1.73 bits per heavy atom. The predicted molar refractivity (Wildman–Crippen MR) is 284 cm³/mol. The van der Waals surface area contributed by atoms with Crippen LogP contribution in [0.4, 0.5) is 21.0 Å². The van der Waals surface area contributed by atoms with Crippen molar-refractivity contribution in [3.8, 4) is 0 Å². The summed E-state index contributed by atoms with van der Waals surface area (Å²) >= 11 is 0. The molecule has 0 atom stereocenters. The molecule has 0 unspecified atom stereocenters. The van der Waals surface area contributed by atoms with E-state index in [0.717, 1.165) is 25.8 Å². The number of carbonyl (C=O) groups excluding carboxylic acids is 4. The van der Waals surface area contributed by atoms with Crippen LogP contribution >= 0.6 is 0 Å². The third-order valence-electron chi connectivity index (χ3n) is 12.6. The number of allylic oxidation sites excluding steroid dienone is 6. The summed E-state index contributed by atoms with van der Waals surface area (Å²) < 4.78 is 19.2. The van der Waals surface area contributed by atoms with Gasteiger partial charge in [-0.2, -0.15) is 4.58 Å². The molecule has 4 rings (SSSR count). The van der Waals surface area contributed by atoms with Crippen molar-refractivity contribution in [3.05, 3.63) is 95.7 Å². The Kier molecular flexibility index (Phi) is 20.5. The van der Waals surface area contributed by atoms with E-state index in [1.807, 2.05) is 62.3 Å². The number of anilines is 1. The predicted octanol–water partition coefficient (Wildman–Crippen LogP) is 12.3. The van der Waals surface area contributed by atoms with E-state index in [2.05, 4.69) is 128 Å². The normalized spacial score (nSPS) is 15.9. The van der Waals surface area contributed by atoms with Gasteiger partial charge in [0.1, 0.15) is 23.9 Å². The van der Waals surface area contributed by atoms with Crippen LogP contribution in [0.2, 0.25) is 0 Å². The maximum atomic E-state index is 13.3. The fourth-order valence-electron chi connectivity index (χ4n) is 9.17. The zero-order valence-electron chi connectivity index (χ0n) is 45.5. The molecule has 2 aliphatic heterocycles. The molecule has 0 saturated heterocycles. The molecule has 70 heavy (non-hydrogen) atoms. The second-order valence-corrected chi connectivity index (χ2v) is 22.9. The first kappa shape index (κ1) is 57.2. The molecular weight excluding hydrogens is 879 g/mol. The van der Waals surface area contributed by atoms with Crippen LogP contribution < -0.4 is 10.2 Å². The molecule has 2 aliphatic rings. The van der Waals surface area contributed by atoms with E-state index < -0.39 is 29.0 Å². The summed E-state index contributed by atoms with van der Waals surface area (Å²) in [4.78, 5) is 57.4. The number of fused-ring (bicyclic) bond motifs is 2. The van der Waals surface area contributed by atoms with E-state index in [1.165, 1.54) is 33.9 Å². The van der Waals surface area contributed by atoms with Gasteiger partial charge in [0.25, 0.3) is 0 Å². The van der Waals surface area contributed by atoms with Crippen LogP contribution in [0.3, 0.4) is 0 Å². The summed E-state index contributed by atoms with van der Waals surface area (Å²) in [5.41, 5.74) is 5.65. The third-order valence-corrected chi connectivity index (χ3v) is 12.6. The quantitative estimate of drug-likeness (QED) is 0.0384. The maximum absolute atomic E-state index is 13.3. The van der Waals surface area contributed by atoms with Crippen LogP contribution in [0.5, 0.6) is 0 Å². The van der Waals surface area contributed by atoms with Crippen molar-refractivity contribution in [1.82, 2.24) is 15.1 Å². The van der Waals surface area contributed by atoms with E-state index in [4.69, 9.17) is 14.2 Å². The lowest BCUT2D eigenvalue weighted by Crippen LogP contribution is -2.40. The van der Waals surface area contributed by atoms with Crippen LogP contribution in [-0.4, -0.2) is 107 Å². The fourth-order valence-corrected chi connectivity index (χ4v) is 9.17. The molecule has 3 amide bonds. The third kappa shape index (κ3) is 17.5. The van der Waals surface area contributed by atoms with Gasteiger partial charge in [0.05, 0.1) is 5.41 Å². The maximum Gasteiger partial charge on any atom is 0.410 e. The number of amides is 3. The Bertz CT molecular complexity index is 2220. The molecule has 0 aromatic heterocycles. The smallest absolute Gasteiger partial charge is 0.410 e. The minimum atomic E-state index is -0.658. The number of nitrogens with one attached hydrogen (secondary N) is 1. The molecule has 0 spiro atoms. The Hall–Kier alpha value is -5.39. The summed E-state index contributed by atoms with van der Waals surface area (Å²) in [5, 5.41) is 3.06. The lowest BCUT2D eigenvalue weighted by atomic mass is 9.81. The van der Waals surface area contributed by atoms with Crippen molar-refractivity contribution in [2.75, 3.05) is 51.2 Å². The van der Waals surface area contributed by atoms with Crippen LogP contribution in [0.15, 0.2) is 84.6 Å². The van der Waals surface area contributed by atoms with E-state index in [0.29, 0.717) is 71.2 Å². The van der Waals surface area contributed by atoms with Crippen molar-refractivity contribution >= 4 is 41.1 Å². The molecule has 0 radical (unpaired) electrons. The van der Waals surface area contributed by atoms with Crippen molar-refractivity contribution in [1.29, 1.82) is 0 Å². The number of esters is 1. The first-order valence-electron chi connectivity index (χ1n) is 25.8. The highest BCUT2D eigenvalue weighted by molar-refractivity contribution is 6.03. The SMILES string of the molecule is C[N+]1=C(C=CC=CC=C2N(CCCCCC(=O)NCCCN(CCCCN(CCCCC(=O)OC(C)(C)C)C(=O)OC(C)(C)C)C(=O)OC(C)(C)C)c3ccccc3C2(C)C)C(C)(C)c2ccccc21. The van der Waals surface area contributed by atoms with Gasteiger partial charge in [0, 0.05) is 86.6 Å². The first-order chi connectivity index (χ1) is 32.7. The fraction of sp³-hybridized carbons (Fsp3) is 0.603. The average molecular weight is 967 g/mol. The Morgan fingerprint density at radius 1 is 0.614 bits per heavy atom. The molecule has 2 aromatic carbocycles. The molecule has 0 saturated carbocycles. The monoisotopic (exact) mass is 967 g/mol. The van der Waals surface area contributed by atoms with Crippen molar-refractivity contribution in [3.63, 3.8) is 0 Å². The molecule has 2 aromatic rings. The standard InChI is InChI=1S/C58H87N5O7/c1-54(2,3)68-51(65)37-24-26-39-61(52(66)69-55(4,5)6)40-27-28-41-62(53(67)70-56(7,8)9)42-29-38-59-50(64)36-19-16-25-43-63-47-33-23-21-31-45(47)58(12,13)49(63)35-18-15-17-34-48-57(10,11)44-30-20-22-32-46(44)60(48)14/h15,17-18,20-23,30-35H,16,19,24-29,36-43H2,1-14H3/p+1. The van der Waals surface area contributed by atoms with Crippen LogP contribution in [0, 0.1) is 0 Å². The Labute approximate surface area is 421 Å². The first-order valence-corrected chi connectivity index (χ1v) is 25.8. The molecule has 0 bridgehead atoms. The molecule has 2 heterocycles. The molecule has 1 N–H and O–H groups in total. The number of nitrogens with zero attached hydrogens (tertiary/aromatic N) is 4. The number of para-hydroxylation sites is 2. The number of hydrogen-bond acceptors (Lipinski definition) is 8. The summed E-state index contributed by atoms with van der Waals surface area (Å²) in [6.45, 7) is 28.8. The highest BCUT2D eigenvalue weighted by Gasteiger charge is 2.43. The molecule has 0 aliphatic carbocycles. The number of ether oxygens (including phenoxy) is 3. The summed E-state index contributed by atoms with van der Waals surface area (Å²) in [6.07, 6.45) is 16.6. The number of unbranched alkanes of at least 4 members (excludes halogenated alkanes) is 4. The lowest BCUT2D eigenvalue weighted by Gasteiger charge is -2.29. The second-order valence-electron chi connectivity index (χ2n) is 22.9. The highest BCUT2D eigenvalue weighted by atomic mass is 16.6. The van der Waals surface area contributed by atoms with Crippen LogP contribution in [0.25, 0.3) is 0 Å². The molecule has 12 nitrogen and oxygen atoms in total. The van der Waals surface area contributed by atoms with E-state index in [9.17, 15) is 19.2 Å². The van der Waals surface area contributed by atoms with Crippen molar-refractivity contribution in [2.45, 2.75) is 182 Å². The number of benzene rings is 2. The Balaban J connectivity index is 1.23. The lowest BCUT2D eigenvalue weighted by molar-refractivity contribution is -0.401. The zero-order chi connectivity index (χ0) is 51.9. The van der Waals surface area contributed by atoms with Gasteiger partial charge in [-0.25, -0.2) is 9.59 Å².